The van der Waals surface area contributed by atoms with Crippen molar-refractivity contribution in [3.63, 3.8) is 0 Å². The fraction of sp³-hybridized carbons (Fsp3) is 0.483. The van der Waals surface area contributed by atoms with Gasteiger partial charge in [0.2, 0.25) is 5.69 Å². The van der Waals surface area contributed by atoms with E-state index in [2.05, 4.69) is 102 Å². The van der Waals surface area contributed by atoms with Crippen LogP contribution in [0.5, 0.6) is 0 Å². The highest BCUT2D eigenvalue weighted by Gasteiger charge is 2.38. The molecule has 1 saturated heterocycles. The smallest absolute Gasteiger partial charge is 0.200 e. The molecule has 0 saturated carbocycles. The summed E-state index contributed by atoms with van der Waals surface area (Å²) >= 11 is 0. The van der Waals surface area contributed by atoms with Gasteiger partial charge in [0.1, 0.15) is 7.05 Å². The van der Waals surface area contributed by atoms with Crippen molar-refractivity contribution in [1.82, 2.24) is 0 Å². The Morgan fingerprint density at radius 1 is 0.968 bits per heavy atom. The van der Waals surface area contributed by atoms with E-state index in [1.165, 1.54) is 63.7 Å². The highest BCUT2D eigenvalue weighted by molar-refractivity contribution is 6.91. The number of pyridine rings is 1. The van der Waals surface area contributed by atoms with E-state index in [0.717, 1.165) is 0 Å². The normalized spacial score (nSPS) is 18.0. The molecule has 0 radical (unpaired) electrons. The molecule has 1 aliphatic heterocycles. The van der Waals surface area contributed by atoms with Gasteiger partial charge in [-0.2, -0.15) is 0 Å². The summed E-state index contributed by atoms with van der Waals surface area (Å²) in [6.07, 6.45) is 5.01. The van der Waals surface area contributed by atoms with Crippen molar-refractivity contribution < 1.29 is 4.57 Å². The van der Waals surface area contributed by atoms with Crippen LogP contribution < -0.4 is 9.75 Å². The Hall–Kier alpha value is -1.93. The Balaban J connectivity index is 1.85. The zero-order chi connectivity index (χ0) is 22.6. The van der Waals surface area contributed by atoms with Gasteiger partial charge in [-0.25, -0.2) is 4.57 Å². The Morgan fingerprint density at radius 3 is 2.29 bits per heavy atom. The van der Waals surface area contributed by atoms with Crippen molar-refractivity contribution in [3.8, 4) is 11.3 Å². The third-order valence-corrected chi connectivity index (χ3v) is 12.6. The second-order valence-corrected chi connectivity index (χ2v) is 16.2. The quantitative estimate of drug-likeness (QED) is 0.306. The molecule has 0 N–H and O–H groups in total. The molecule has 1 fully saturated rings. The van der Waals surface area contributed by atoms with Crippen LogP contribution in [0.3, 0.4) is 0 Å². The lowest BCUT2D eigenvalue weighted by atomic mass is 9.87. The van der Waals surface area contributed by atoms with E-state index >= 15 is 0 Å². The average Bonchev–Trinajstić information content (AvgIpc) is 2.72. The number of aromatic nitrogens is 1. The Morgan fingerprint density at radius 2 is 1.65 bits per heavy atom. The van der Waals surface area contributed by atoms with Crippen LogP contribution >= 0.6 is 0 Å². The van der Waals surface area contributed by atoms with Gasteiger partial charge in [-0.1, -0.05) is 82.6 Å². The van der Waals surface area contributed by atoms with E-state index in [1.54, 1.807) is 5.19 Å². The number of aryl methyl sites for hydroxylation is 2. The van der Waals surface area contributed by atoms with Crippen molar-refractivity contribution in [2.75, 3.05) is 0 Å². The number of rotatable bonds is 3. The van der Waals surface area contributed by atoms with Gasteiger partial charge in [-0.3, -0.25) is 0 Å². The molecule has 2 heteroatoms. The van der Waals surface area contributed by atoms with Crippen molar-refractivity contribution in [3.05, 3.63) is 59.3 Å². The van der Waals surface area contributed by atoms with Crippen LogP contribution in [0.2, 0.25) is 18.6 Å². The molecule has 1 aromatic heterocycles. The van der Waals surface area contributed by atoms with Crippen LogP contribution in [0.1, 0.15) is 63.1 Å². The Bertz CT molecular complexity index is 1130. The molecule has 0 bridgehead atoms. The lowest BCUT2D eigenvalue weighted by Crippen LogP contribution is -2.48. The predicted molar refractivity (Wildman–Crippen MR) is 138 cm³/mol. The first kappa shape index (κ1) is 22.3. The van der Waals surface area contributed by atoms with Crippen LogP contribution in [0, 0.1) is 19.3 Å². The summed E-state index contributed by atoms with van der Waals surface area (Å²) in [6.45, 7) is 16.6. The van der Waals surface area contributed by atoms with E-state index in [4.69, 9.17) is 0 Å². The molecule has 0 atom stereocenters. The first-order chi connectivity index (χ1) is 14.5. The van der Waals surface area contributed by atoms with Gasteiger partial charge < -0.3 is 0 Å². The van der Waals surface area contributed by atoms with Crippen molar-refractivity contribution in [2.45, 2.75) is 78.9 Å². The molecular weight excluding hydrogens is 390 g/mol. The number of nitrogens with zero attached hydrogens (tertiary/aromatic N) is 1. The van der Waals surface area contributed by atoms with Gasteiger partial charge in [0.05, 0.1) is 19.0 Å². The second kappa shape index (κ2) is 7.88. The summed E-state index contributed by atoms with van der Waals surface area (Å²) in [5.41, 5.74) is 7.47. The van der Waals surface area contributed by atoms with Gasteiger partial charge in [-0.15, -0.1) is 0 Å². The fourth-order valence-corrected chi connectivity index (χ4v) is 9.59. The maximum atomic E-state index is 2.62. The third kappa shape index (κ3) is 4.12. The molecule has 164 valence electrons. The summed E-state index contributed by atoms with van der Waals surface area (Å²) in [7, 11) is 0.814. The van der Waals surface area contributed by atoms with Gasteiger partial charge in [0.15, 0.2) is 6.20 Å². The molecule has 4 rings (SSSR count). The summed E-state index contributed by atoms with van der Waals surface area (Å²) in [5, 5.41) is 4.43. The molecule has 0 amide bonds. The zero-order valence-electron chi connectivity index (χ0n) is 20.9. The van der Waals surface area contributed by atoms with E-state index < -0.39 is 8.07 Å². The first-order valence-electron chi connectivity index (χ1n) is 12.1. The van der Waals surface area contributed by atoms with Crippen LogP contribution in [-0.4, -0.2) is 8.07 Å². The van der Waals surface area contributed by atoms with Crippen LogP contribution in [0.15, 0.2) is 42.6 Å². The summed E-state index contributed by atoms with van der Waals surface area (Å²) in [4.78, 5) is 0. The summed E-state index contributed by atoms with van der Waals surface area (Å²) in [6, 6.07) is 17.4. The van der Waals surface area contributed by atoms with Crippen molar-refractivity contribution in [1.29, 1.82) is 0 Å². The number of benzene rings is 2. The van der Waals surface area contributed by atoms with E-state index in [1.807, 2.05) is 0 Å². The maximum Gasteiger partial charge on any atom is 0.220 e. The van der Waals surface area contributed by atoms with E-state index in [0.29, 0.717) is 11.3 Å². The van der Waals surface area contributed by atoms with Gasteiger partial charge in [-0.05, 0) is 59.4 Å². The standard InChI is InChI=1S/C29H40NSi/c1-20(2)24-17-21(3)22(4)27(19-24)28-26-10-9-25(18-23(26)11-14-30(28)7)31(8)15-12-29(5,6)13-16-31/h9-11,14,17-20H,12-13,15-16H2,1-8H3/q+1. The van der Waals surface area contributed by atoms with Crippen LogP contribution in [0.4, 0.5) is 0 Å². The minimum Gasteiger partial charge on any atom is -0.200 e. The number of hydrogen-bond acceptors (Lipinski definition) is 0. The minimum absolute atomic E-state index is 0.529. The first-order valence-corrected chi connectivity index (χ1v) is 15.0. The highest BCUT2D eigenvalue weighted by atomic mass is 28.3. The van der Waals surface area contributed by atoms with Crippen molar-refractivity contribution in [2.24, 2.45) is 12.5 Å². The second-order valence-electron chi connectivity index (χ2n) is 11.5. The lowest BCUT2D eigenvalue weighted by molar-refractivity contribution is -0.659. The SMILES string of the molecule is Cc1cc(C(C)C)cc(-c2c3ccc([Si]4(C)CCC(C)(C)CC4)cc3cc[n+]2C)c1C. The molecule has 2 heterocycles. The van der Waals surface area contributed by atoms with E-state index in [-0.39, 0.29) is 0 Å². The molecule has 0 spiro atoms. The maximum absolute atomic E-state index is 2.62. The third-order valence-electron chi connectivity index (χ3n) is 8.15. The van der Waals surface area contributed by atoms with Gasteiger partial charge >= 0.3 is 0 Å². The molecule has 2 aromatic carbocycles. The molecule has 1 aliphatic rings. The summed E-state index contributed by atoms with van der Waals surface area (Å²) in [5.74, 6) is 0.534. The molecule has 0 unspecified atom stereocenters. The fourth-order valence-electron chi connectivity index (χ4n) is 5.32. The monoisotopic (exact) mass is 430 g/mol. The predicted octanol–water partition coefficient (Wildman–Crippen LogP) is 7.18. The van der Waals surface area contributed by atoms with Crippen LogP contribution in [-0.2, 0) is 7.05 Å². The molecule has 3 aromatic rings. The Kier molecular flexibility index (Phi) is 5.66. The van der Waals surface area contributed by atoms with Crippen molar-refractivity contribution >= 4 is 24.0 Å². The molecule has 0 aliphatic carbocycles. The minimum atomic E-state index is -1.38. The van der Waals surface area contributed by atoms with Gasteiger partial charge in [0, 0.05) is 6.07 Å². The summed E-state index contributed by atoms with van der Waals surface area (Å²) < 4.78 is 2.32. The zero-order valence-corrected chi connectivity index (χ0v) is 21.9. The highest BCUT2D eigenvalue weighted by Crippen LogP contribution is 2.41. The average molecular weight is 431 g/mol. The Labute approximate surface area is 190 Å². The van der Waals surface area contributed by atoms with E-state index in [9.17, 15) is 0 Å². The lowest BCUT2D eigenvalue weighted by Gasteiger charge is -2.40. The van der Waals surface area contributed by atoms with Crippen LogP contribution in [0.25, 0.3) is 22.0 Å². The number of hydrogen-bond donors (Lipinski definition) is 0. The molecular formula is C29H40NSi+. The number of fused-ring (bicyclic) bond motifs is 1. The van der Waals surface area contributed by atoms with Gasteiger partial charge in [0.25, 0.3) is 0 Å². The topological polar surface area (TPSA) is 3.88 Å². The molecule has 1 nitrogen and oxygen atoms in total. The largest absolute Gasteiger partial charge is 0.220 e. The molecule has 31 heavy (non-hydrogen) atoms.